The van der Waals surface area contributed by atoms with Gasteiger partial charge in [0.2, 0.25) is 0 Å². The van der Waals surface area contributed by atoms with Crippen molar-refractivity contribution in [3.05, 3.63) is 64.7 Å². The monoisotopic (exact) mass is 395 g/mol. The summed E-state index contributed by atoms with van der Waals surface area (Å²) in [4.78, 5) is 11.4. The Balaban J connectivity index is 1.79. The van der Waals surface area contributed by atoms with Crippen LogP contribution in [0.1, 0.15) is 6.92 Å². The quantitative estimate of drug-likeness (QED) is 0.475. The van der Waals surface area contributed by atoms with Crippen molar-refractivity contribution in [2.75, 3.05) is 19.8 Å². The highest BCUT2D eigenvalue weighted by Crippen LogP contribution is 2.31. The molecule has 0 aliphatic rings. The Morgan fingerprint density at radius 2 is 1.96 bits per heavy atom. The molecule has 0 fully saturated rings. The third-order valence-electron chi connectivity index (χ3n) is 3.11. The number of hydrogen-bond acceptors (Lipinski definition) is 4. The summed E-state index contributed by atoms with van der Waals surface area (Å²) in [6.45, 7) is 2.64. The lowest BCUT2D eigenvalue weighted by atomic mass is 10.3. The largest absolute Gasteiger partial charge is 0.490 e. The Bertz CT molecular complexity index is 765. The molecular weight excluding hydrogens is 377 g/mol. The fraction of sp³-hybridized carbons (Fsp3) is 0.211. The first kappa shape index (κ1) is 19.9. The van der Waals surface area contributed by atoms with Crippen molar-refractivity contribution >= 4 is 29.3 Å². The zero-order chi connectivity index (χ0) is 18.8. The van der Waals surface area contributed by atoms with Crippen LogP contribution in [0.2, 0.25) is 10.0 Å². The summed E-state index contributed by atoms with van der Waals surface area (Å²) in [6.07, 6.45) is 3.05. The van der Waals surface area contributed by atoms with Gasteiger partial charge in [0, 0.05) is 11.1 Å². The van der Waals surface area contributed by atoms with E-state index >= 15 is 0 Å². The van der Waals surface area contributed by atoms with E-state index in [2.05, 4.69) is 5.32 Å². The molecule has 5 nitrogen and oxygen atoms in total. The maximum Gasteiger partial charge on any atom is 0.407 e. The van der Waals surface area contributed by atoms with Crippen LogP contribution >= 0.6 is 23.2 Å². The molecule has 0 saturated heterocycles. The van der Waals surface area contributed by atoms with Gasteiger partial charge in [-0.15, -0.1) is 0 Å². The lowest BCUT2D eigenvalue weighted by Crippen LogP contribution is -2.28. The average Bonchev–Trinajstić information content (AvgIpc) is 2.60. The van der Waals surface area contributed by atoms with Crippen LogP contribution in [-0.4, -0.2) is 25.9 Å². The van der Waals surface area contributed by atoms with Gasteiger partial charge < -0.3 is 19.5 Å². The van der Waals surface area contributed by atoms with E-state index in [-0.39, 0.29) is 13.2 Å². The summed E-state index contributed by atoms with van der Waals surface area (Å²) in [7, 11) is 0. The van der Waals surface area contributed by atoms with Gasteiger partial charge in [0.15, 0.2) is 0 Å². The minimum Gasteiger partial charge on any atom is -0.490 e. The lowest BCUT2D eigenvalue weighted by molar-refractivity contribution is 0.156. The van der Waals surface area contributed by atoms with E-state index in [0.717, 1.165) is 0 Å². The minimum atomic E-state index is -0.497. The molecule has 0 aromatic heterocycles. The van der Waals surface area contributed by atoms with Crippen molar-refractivity contribution < 1.29 is 19.0 Å². The molecule has 0 aliphatic heterocycles. The van der Waals surface area contributed by atoms with Gasteiger partial charge in [-0.2, -0.15) is 0 Å². The number of halogens is 2. The summed E-state index contributed by atoms with van der Waals surface area (Å²) in [6, 6.07) is 12.2. The smallest absolute Gasteiger partial charge is 0.407 e. The third kappa shape index (κ3) is 6.86. The fourth-order valence-corrected chi connectivity index (χ4v) is 2.32. The molecule has 26 heavy (non-hydrogen) atoms. The Kier molecular flexibility index (Phi) is 8.12. The molecule has 0 aliphatic carbocycles. The molecular formula is C19H19Cl2NO4. The number of alkyl carbamates (subject to hydrolysis) is 1. The number of carbonyl (C=O) groups excluding carboxylic acids is 1. The molecule has 1 amide bonds. The normalized spacial score (nSPS) is 10.6. The molecule has 0 atom stereocenters. The van der Waals surface area contributed by atoms with E-state index in [1.54, 1.807) is 54.6 Å². The predicted octanol–water partition coefficient (Wildman–Crippen LogP) is 5.47. The number of rotatable bonds is 8. The van der Waals surface area contributed by atoms with Gasteiger partial charge in [-0.05, 0) is 37.3 Å². The molecule has 2 aromatic rings. The standard InChI is InChI=1S/C19H19Cl2NO4/c1-2-3-10-25-19(23)22-9-11-24-18-8-7-16(13-17(18)21)26-15-6-4-5-14(20)12-15/h2-8,12-13H,9-11H2,1H3,(H,22,23)/b3-2+. The Hall–Kier alpha value is -2.37. The summed E-state index contributed by atoms with van der Waals surface area (Å²) < 4.78 is 16.1. The van der Waals surface area contributed by atoms with E-state index in [0.29, 0.717) is 33.8 Å². The van der Waals surface area contributed by atoms with Gasteiger partial charge in [0.1, 0.15) is 30.5 Å². The van der Waals surface area contributed by atoms with Crippen molar-refractivity contribution in [3.8, 4) is 17.2 Å². The second-order valence-corrected chi connectivity index (χ2v) is 5.94. The van der Waals surface area contributed by atoms with E-state index in [9.17, 15) is 4.79 Å². The molecule has 7 heteroatoms. The Labute approximate surface area is 162 Å². The molecule has 0 radical (unpaired) electrons. The number of benzene rings is 2. The van der Waals surface area contributed by atoms with Crippen LogP contribution in [-0.2, 0) is 4.74 Å². The van der Waals surface area contributed by atoms with E-state index in [1.807, 2.05) is 6.92 Å². The van der Waals surface area contributed by atoms with Crippen molar-refractivity contribution in [2.45, 2.75) is 6.92 Å². The second-order valence-electron chi connectivity index (χ2n) is 5.09. The zero-order valence-corrected chi connectivity index (χ0v) is 15.7. The maximum absolute atomic E-state index is 11.4. The summed E-state index contributed by atoms with van der Waals surface area (Å²) in [5.74, 6) is 1.67. The van der Waals surface area contributed by atoms with Crippen molar-refractivity contribution in [1.29, 1.82) is 0 Å². The molecule has 0 heterocycles. The van der Waals surface area contributed by atoms with E-state index in [4.69, 9.17) is 37.4 Å². The number of allylic oxidation sites excluding steroid dienone is 1. The van der Waals surface area contributed by atoms with Crippen LogP contribution in [0.4, 0.5) is 4.79 Å². The highest BCUT2D eigenvalue weighted by molar-refractivity contribution is 6.32. The van der Waals surface area contributed by atoms with Gasteiger partial charge in [0.05, 0.1) is 11.6 Å². The number of carbonyl (C=O) groups is 1. The summed E-state index contributed by atoms with van der Waals surface area (Å²) >= 11 is 12.1. The molecule has 0 saturated carbocycles. The minimum absolute atomic E-state index is 0.239. The van der Waals surface area contributed by atoms with Crippen LogP contribution in [0.15, 0.2) is 54.6 Å². The van der Waals surface area contributed by atoms with E-state index < -0.39 is 6.09 Å². The zero-order valence-electron chi connectivity index (χ0n) is 14.2. The van der Waals surface area contributed by atoms with Crippen LogP contribution in [0.25, 0.3) is 0 Å². The topological polar surface area (TPSA) is 56.8 Å². The van der Waals surface area contributed by atoms with E-state index in [1.165, 1.54) is 0 Å². The van der Waals surface area contributed by atoms with Gasteiger partial charge >= 0.3 is 6.09 Å². The highest BCUT2D eigenvalue weighted by atomic mass is 35.5. The average molecular weight is 396 g/mol. The van der Waals surface area contributed by atoms with Crippen LogP contribution < -0.4 is 14.8 Å². The number of amides is 1. The molecule has 0 spiro atoms. The number of ether oxygens (including phenoxy) is 3. The second kappa shape index (κ2) is 10.6. The van der Waals surface area contributed by atoms with Gasteiger partial charge in [-0.25, -0.2) is 4.79 Å². The maximum atomic E-state index is 11.4. The lowest BCUT2D eigenvalue weighted by Gasteiger charge is -2.11. The molecule has 1 N–H and O–H groups in total. The van der Waals surface area contributed by atoms with Gasteiger partial charge in [0.25, 0.3) is 0 Å². The number of nitrogens with one attached hydrogen (secondary N) is 1. The predicted molar refractivity (Wildman–Crippen MR) is 103 cm³/mol. The first-order valence-corrected chi connectivity index (χ1v) is 8.71. The van der Waals surface area contributed by atoms with Crippen LogP contribution in [0.5, 0.6) is 17.2 Å². The van der Waals surface area contributed by atoms with Crippen LogP contribution in [0, 0.1) is 0 Å². The molecule has 0 bridgehead atoms. The molecule has 2 aromatic carbocycles. The summed E-state index contributed by atoms with van der Waals surface area (Å²) in [5, 5.41) is 3.57. The van der Waals surface area contributed by atoms with Gasteiger partial charge in [-0.3, -0.25) is 0 Å². The van der Waals surface area contributed by atoms with Crippen molar-refractivity contribution in [3.63, 3.8) is 0 Å². The Morgan fingerprint density at radius 1 is 1.15 bits per heavy atom. The Morgan fingerprint density at radius 3 is 2.69 bits per heavy atom. The van der Waals surface area contributed by atoms with Crippen molar-refractivity contribution in [2.24, 2.45) is 0 Å². The molecule has 0 unspecified atom stereocenters. The molecule has 138 valence electrons. The third-order valence-corrected chi connectivity index (χ3v) is 3.64. The number of hydrogen-bond donors (Lipinski definition) is 1. The first-order chi connectivity index (χ1) is 12.6. The van der Waals surface area contributed by atoms with Crippen molar-refractivity contribution in [1.82, 2.24) is 5.32 Å². The van der Waals surface area contributed by atoms with Crippen LogP contribution in [0.3, 0.4) is 0 Å². The SMILES string of the molecule is C/C=C/COC(=O)NCCOc1ccc(Oc2cccc(Cl)c2)cc1Cl. The first-order valence-electron chi connectivity index (χ1n) is 7.96. The highest BCUT2D eigenvalue weighted by Gasteiger charge is 2.06. The summed E-state index contributed by atoms with van der Waals surface area (Å²) in [5.41, 5.74) is 0. The molecule has 2 rings (SSSR count). The van der Waals surface area contributed by atoms with Gasteiger partial charge in [-0.1, -0.05) is 41.4 Å². The fourth-order valence-electron chi connectivity index (χ4n) is 1.91.